The molecule has 2 heteroatoms. The lowest BCUT2D eigenvalue weighted by molar-refractivity contribution is 0.824. The highest BCUT2D eigenvalue weighted by Crippen LogP contribution is 2.73. The molecule has 4 aliphatic carbocycles. The van der Waals surface area contributed by atoms with E-state index >= 15 is 0 Å². The Morgan fingerprint density at radius 2 is 0.650 bits per heavy atom. The molecule has 2 unspecified atom stereocenters. The average molecular weight is 507 g/mol. The van der Waals surface area contributed by atoms with Crippen LogP contribution in [0.25, 0.3) is 33.7 Å². The molecule has 10 rings (SSSR count). The molecule has 4 aromatic carbocycles. The molecule has 0 saturated heterocycles. The van der Waals surface area contributed by atoms with Crippen LogP contribution in [-0.4, -0.2) is 9.97 Å². The highest BCUT2D eigenvalue weighted by molar-refractivity contribution is 6.18. The number of rotatable bonds is 0. The summed E-state index contributed by atoms with van der Waals surface area (Å²) >= 11 is 0. The lowest BCUT2D eigenvalue weighted by Gasteiger charge is -2.34. The standard InChI is InChI=1S/C38H22N2/c1-5-15-27-23(11-1)33-34(37(27)29-17-7-3-13-25(29)35-31(37)19-9-21-39-35)24-12-2-6-16-28(24)38(33)30-18-8-4-14-26(30)36-32(38)20-10-22-40-36/h1-22H. The second-order valence-electron chi connectivity index (χ2n) is 11.2. The highest BCUT2D eigenvalue weighted by atomic mass is 14.8. The zero-order chi connectivity index (χ0) is 26.1. The zero-order valence-electron chi connectivity index (χ0n) is 21.6. The third kappa shape index (κ3) is 2.02. The van der Waals surface area contributed by atoms with E-state index in [0.717, 1.165) is 11.4 Å². The number of hydrogen-bond donors (Lipinski definition) is 0. The summed E-state index contributed by atoms with van der Waals surface area (Å²) < 4.78 is 0. The monoisotopic (exact) mass is 506 g/mol. The fourth-order valence-electron chi connectivity index (χ4n) is 8.66. The van der Waals surface area contributed by atoms with Crippen LogP contribution in [0.4, 0.5) is 0 Å². The van der Waals surface area contributed by atoms with Gasteiger partial charge < -0.3 is 0 Å². The number of benzene rings is 4. The van der Waals surface area contributed by atoms with E-state index in [1.807, 2.05) is 12.4 Å². The second kappa shape index (κ2) is 6.91. The first-order chi connectivity index (χ1) is 19.9. The Kier molecular flexibility index (Phi) is 3.60. The Balaban J connectivity index is 1.48. The van der Waals surface area contributed by atoms with E-state index in [9.17, 15) is 0 Å². The second-order valence-corrected chi connectivity index (χ2v) is 11.2. The molecule has 2 nitrogen and oxygen atoms in total. The lowest BCUT2D eigenvalue weighted by atomic mass is 9.67. The van der Waals surface area contributed by atoms with Crippen LogP contribution in [0.3, 0.4) is 0 Å². The predicted octanol–water partition coefficient (Wildman–Crippen LogP) is 8.04. The summed E-state index contributed by atoms with van der Waals surface area (Å²) in [7, 11) is 0. The Morgan fingerprint density at radius 1 is 0.325 bits per heavy atom. The van der Waals surface area contributed by atoms with E-state index in [1.165, 1.54) is 66.8 Å². The number of hydrogen-bond acceptors (Lipinski definition) is 2. The van der Waals surface area contributed by atoms with E-state index in [2.05, 4.69) is 121 Å². The first-order valence-corrected chi connectivity index (χ1v) is 13.9. The van der Waals surface area contributed by atoms with Crippen molar-refractivity contribution in [1.82, 2.24) is 9.97 Å². The molecule has 2 spiro atoms. The van der Waals surface area contributed by atoms with Gasteiger partial charge in [-0.25, -0.2) is 0 Å². The summed E-state index contributed by atoms with van der Waals surface area (Å²) in [5.41, 5.74) is 17.1. The molecular formula is C38H22N2. The molecule has 40 heavy (non-hydrogen) atoms. The smallest absolute Gasteiger partial charge is 0.0753 e. The third-order valence-corrected chi connectivity index (χ3v) is 9.80. The molecule has 0 saturated carbocycles. The Morgan fingerprint density at radius 3 is 1.07 bits per heavy atom. The van der Waals surface area contributed by atoms with Crippen LogP contribution in [0.1, 0.15) is 44.5 Å². The van der Waals surface area contributed by atoms with Gasteiger partial charge in [-0.3, -0.25) is 9.97 Å². The van der Waals surface area contributed by atoms with Crippen molar-refractivity contribution in [2.75, 3.05) is 0 Å². The highest BCUT2D eigenvalue weighted by Gasteiger charge is 2.63. The predicted molar refractivity (Wildman–Crippen MR) is 159 cm³/mol. The Bertz CT molecular complexity index is 1890. The van der Waals surface area contributed by atoms with Crippen LogP contribution in [0, 0.1) is 0 Å². The van der Waals surface area contributed by atoms with Crippen LogP contribution in [0.15, 0.2) is 134 Å². The van der Waals surface area contributed by atoms with Crippen molar-refractivity contribution in [3.63, 3.8) is 0 Å². The lowest BCUT2D eigenvalue weighted by Crippen LogP contribution is -2.28. The number of fused-ring (bicyclic) bond motifs is 18. The van der Waals surface area contributed by atoms with Gasteiger partial charge >= 0.3 is 0 Å². The summed E-state index contributed by atoms with van der Waals surface area (Å²) in [5, 5.41) is 0. The fraction of sp³-hybridized carbons (Fsp3) is 0.0526. The summed E-state index contributed by atoms with van der Waals surface area (Å²) in [6.07, 6.45) is 3.87. The molecule has 2 heterocycles. The Hall–Kier alpha value is -5.08. The van der Waals surface area contributed by atoms with Gasteiger partial charge in [-0.05, 0) is 67.8 Å². The van der Waals surface area contributed by atoms with Gasteiger partial charge in [0.2, 0.25) is 0 Å². The number of pyridine rings is 2. The van der Waals surface area contributed by atoms with Crippen molar-refractivity contribution in [2.24, 2.45) is 0 Å². The van der Waals surface area contributed by atoms with E-state index in [-0.39, 0.29) is 0 Å². The van der Waals surface area contributed by atoms with Crippen molar-refractivity contribution in [2.45, 2.75) is 10.8 Å². The van der Waals surface area contributed by atoms with Crippen LogP contribution in [-0.2, 0) is 10.8 Å². The van der Waals surface area contributed by atoms with Crippen LogP contribution in [0.5, 0.6) is 0 Å². The maximum absolute atomic E-state index is 4.99. The average Bonchev–Trinajstić information content (AvgIpc) is 3.70. The van der Waals surface area contributed by atoms with E-state index in [0.29, 0.717) is 0 Å². The normalized spacial score (nSPS) is 21.6. The largest absolute Gasteiger partial charge is 0.256 e. The van der Waals surface area contributed by atoms with Gasteiger partial charge in [0.1, 0.15) is 0 Å². The molecule has 0 fully saturated rings. The van der Waals surface area contributed by atoms with Crippen molar-refractivity contribution in [1.29, 1.82) is 0 Å². The summed E-state index contributed by atoms with van der Waals surface area (Å²) in [4.78, 5) is 9.98. The van der Waals surface area contributed by atoms with Gasteiger partial charge in [0.05, 0.1) is 22.2 Å². The van der Waals surface area contributed by atoms with Crippen molar-refractivity contribution < 1.29 is 0 Å². The first kappa shape index (κ1) is 20.8. The maximum Gasteiger partial charge on any atom is 0.0753 e. The van der Waals surface area contributed by atoms with E-state index in [1.54, 1.807) is 0 Å². The van der Waals surface area contributed by atoms with Gasteiger partial charge in [0.25, 0.3) is 0 Å². The van der Waals surface area contributed by atoms with Gasteiger partial charge in [-0.2, -0.15) is 0 Å². The Labute approximate surface area is 232 Å². The molecule has 0 amide bonds. The third-order valence-electron chi connectivity index (χ3n) is 9.80. The van der Waals surface area contributed by atoms with Crippen LogP contribution >= 0.6 is 0 Å². The number of aromatic nitrogens is 2. The quantitative estimate of drug-likeness (QED) is 0.208. The van der Waals surface area contributed by atoms with Gasteiger partial charge in [-0.15, -0.1) is 0 Å². The molecule has 2 aromatic heterocycles. The minimum Gasteiger partial charge on any atom is -0.256 e. The SMILES string of the molecule is c1ccc2c(c1)C1=C(c3ccccc3C13c1ccccc1-c1ncccc13)C21c2ccccc2-c2ncccc21. The number of allylic oxidation sites excluding steroid dienone is 2. The molecule has 6 aromatic rings. The molecule has 0 bridgehead atoms. The zero-order valence-corrected chi connectivity index (χ0v) is 21.6. The molecular weight excluding hydrogens is 484 g/mol. The van der Waals surface area contributed by atoms with Gasteiger partial charge in [0, 0.05) is 23.5 Å². The molecule has 0 aliphatic heterocycles. The summed E-state index contributed by atoms with van der Waals surface area (Å²) in [5.74, 6) is 0. The minimum atomic E-state index is -0.439. The van der Waals surface area contributed by atoms with Crippen LogP contribution < -0.4 is 0 Å². The van der Waals surface area contributed by atoms with Crippen molar-refractivity contribution >= 4 is 11.1 Å². The van der Waals surface area contributed by atoms with Crippen molar-refractivity contribution in [3.05, 3.63) is 178 Å². The molecule has 2 atom stereocenters. The topological polar surface area (TPSA) is 25.8 Å². The molecule has 184 valence electrons. The molecule has 0 N–H and O–H groups in total. The van der Waals surface area contributed by atoms with Crippen LogP contribution in [0.2, 0.25) is 0 Å². The maximum atomic E-state index is 4.99. The van der Waals surface area contributed by atoms with E-state index in [4.69, 9.17) is 9.97 Å². The first-order valence-electron chi connectivity index (χ1n) is 13.9. The summed E-state index contributed by atoms with van der Waals surface area (Å²) in [6.45, 7) is 0. The summed E-state index contributed by atoms with van der Waals surface area (Å²) in [6, 6.07) is 44.9. The fourth-order valence-corrected chi connectivity index (χ4v) is 8.66. The molecule has 4 aliphatic rings. The van der Waals surface area contributed by atoms with Gasteiger partial charge in [-0.1, -0.05) is 109 Å². The number of nitrogens with zero attached hydrogens (tertiary/aromatic N) is 2. The van der Waals surface area contributed by atoms with Crippen molar-refractivity contribution in [3.8, 4) is 22.5 Å². The molecule has 0 radical (unpaired) electrons. The van der Waals surface area contributed by atoms with E-state index < -0.39 is 10.8 Å². The van der Waals surface area contributed by atoms with Gasteiger partial charge in [0.15, 0.2) is 0 Å². The minimum absolute atomic E-state index is 0.439.